The average Bonchev–Trinajstić information content (AvgIpc) is 3.27. The molecule has 2 heterocycles. The number of carbonyl (C=O) groups excluding carboxylic acids is 2. The summed E-state index contributed by atoms with van der Waals surface area (Å²) >= 11 is 0. The first-order valence-corrected chi connectivity index (χ1v) is 10.3. The predicted molar refractivity (Wildman–Crippen MR) is 104 cm³/mol. The summed E-state index contributed by atoms with van der Waals surface area (Å²) in [6.45, 7) is -0.233. The molecule has 0 saturated carbocycles. The van der Waals surface area contributed by atoms with Crippen LogP contribution in [0.5, 0.6) is 0 Å². The lowest BCUT2D eigenvalue weighted by atomic mass is 10.2. The molecule has 0 aliphatic rings. The molecule has 0 bridgehead atoms. The van der Waals surface area contributed by atoms with Crippen LogP contribution in [0.25, 0.3) is 0 Å². The maximum absolute atomic E-state index is 13.1. The van der Waals surface area contributed by atoms with E-state index >= 15 is 0 Å². The lowest BCUT2D eigenvalue weighted by molar-refractivity contribution is -0.139. The van der Waals surface area contributed by atoms with Gasteiger partial charge in [-0.05, 0) is 35.9 Å². The number of nitrogens with one attached hydrogen (secondary N) is 2. The zero-order chi connectivity index (χ0) is 20.7. The topological polar surface area (TPSA) is 118 Å². The van der Waals surface area contributed by atoms with Gasteiger partial charge in [0.25, 0.3) is 0 Å². The number of furan rings is 1. The monoisotopic (exact) mass is 413 g/mol. The van der Waals surface area contributed by atoms with E-state index in [4.69, 9.17) is 4.42 Å². The standard InChI is InChI=1S/C20H19N3O5S/c24-19(22-13-16-7-5-11-28-16)20(25)23-14-18(15-6-4-10-21-12-15)29(26,27)17-8-2-1-3-9-17/h1-12,18H,13-14H2,(H,22,24)(H,23,25)/t18-/m1/s1. The van der Waals surface area contributed by atoms with E-state index in [1.165, 1.54) is 30.8 Å². The lowest BCUT2D eigenvalue weighted by Gasteiger charge is -2.18. The molecule has 0 spiro atoms. The molecule has 2 amide bonds. The second-order valence-electron chi connectivity index (χ2n) is 6.11. The summed E-state index contributed by atoms with van der Waals surface area (Å²) in [5, 5.41) is 3.71. The quantitative estimate of drug-likeness (QED) is 0.568. The first kappa shape index (κ1) is 20.3. The summed E-state index contributed by atoms with van der Waals surface area (Å²) in [5.74, 6) is -1.33. The highest BCUT2D eigenvalue weighted by atomic mass is 32.2. The highest BCUT2D eigenvalue weighted by molar-refractivity contribution is 7.91. The summed E-state index contributed by atoms with van der Waals surface area (Å²) < 4.78 is 31.3. The number of hydrogen-bond acceptors (Lipinski definition) is 6. The Kier molecular flexibility index (Phi) is 6.40. The summed E-state index contributed by atoms with van der Waals surface area (Å²) in [7, 11) is -3.82. The van der Waals surface area contributed by atoms with Crippen LogP contribution in [0.1, 0.15) is 16.6 Å². The summed E-state index contributed by atoms with van der Waals surface area (Å²) in [6.07, 6.45) is 4.40. The molecular formula is C20H19N3O5S. The minimum absolute atomic E-state index is 0.0492. The van der Waals surface area contributed by atoms with Gasteiger partial charge in [0.05, 0.1) is 17.7 Å². The second-order valence-corrected chi connectivity index (χ2v) is 8.24. The summed E-state index contributed by atoms with van der Waals surface area (Å²) in [5.41, 5.74) is 0.410. The van der Waals surface area contributed by atoms with Crippen LogP contribution in [-0.2, 0) is 26.0 Å². The Hall–Kier alpha value is -3.46. The zero-order valence-corrected chi connectivity index (χ0v) is 16.1. The first-order chi connectivity index (χ1) is 14.0. The largest absolute Gasteiger partial charge is 0.467 e. The van der Waals surface area contributed by atoms with Crippen molar-refractivity contribution >= 4 is 21.7 Å². The van der Waals surface area contributed by atoms with Gasteiger partial charge in [0, 0.05) is 18.9 Å². The van der Waals surface area contributed by atoms with Crippen molar-refractivity contribution in [3.63, 3.8) is 0 Å². The number of sulfone groups is 1. The zero-order valence-electron chi connectivity index (χ0n) is 15.3. The molecule has 0 unspecified atom stereocenters. The van der Waals surface area contributed by atoms with Crippen LogP contribution in [0.15, 0.2) is 82.6 Å². The van der Waals surface area contributed by atoms with E-state index in [2.05, 4.69) is 15.6 Å². The van der Waals surface area contributed by atoms with Crippen LogP contribution in [-0.4, -0.2) is 31.8 Å². The second kappa shape index (κ2) is 9.16. The van der Waals surface area contributed by atoms with E-state index in [1.54, 1.807) is 42.5 Å². The van der Waals surface area contributed by atoms with Crippen LogP contribution in [0.2, 0.25) is 0 Å². The summed E-state index contributed by atoms with van der Waals surface area (Å²) in [6, 6.07) is 14.5. The number of pyridine rings is 1. The fraction of sp³-hybridized carbons (Fsp3) is 0.150. The van der Waals surface area contributed by atoms with E-state index in [0.717, 1.165) is 0 Å². The number of rotatable bonds is 7. The van der Waals surface area contributed by atoms with Gasteiger partial charge < -0.3 is 15.1 Å². The number of hydrogen-bond donors (Lipinski definition) is 2. The first-order valence-electron chi connectivity index (χ1n) is 8.76. The van der Waals surface area contributed by atoms with Gasteiger partial charge in [-0.15, -0.1) is 0 Å². The molecule has 0 aliphatic heterocycles. The summed E-state index contributed by atoms with van der Waals surface area (Å²) in [4.78, 5) is 28.2. The van der Waals surface area contributed by atoms with Gasteiger partial charge in [-0.3, -0.25) is 14.6 Å². The van der Waals surface area contributed by atoms with Crippen LogP contribution in [0.4, 0.5) is 0 Å². The Bertz CT molecular complexity index is 1050. The molecular weight excluding hydrogens is 394 g/mol. The number of benzene rings is 1. The smallest absolute Gasteiger partial charge is 0.309 e. The van der Waals surface area contributed by atoms with Crippen molar-refractivity contribution in [2.45, 2.75) is 16.7 Å². The van der Waals surface area contributed by atoms with Gasteiger partial charge in [-0.1, -0.05) is 24.3 Å². The molecule has 3 rings (SSSR count). The van der Waals surface area contributed by atoms with Gasteiger partial charge in [0.2, 0.25) is 0 Å². The van der Waals surface area contributed by atoms with Crippen molar-refractivity contribution in [3.05, 3.63) is 84.6 Å². The lowest BCUT2D eigenvalue weighted by Crippen LogP contribution is -2.42. The normalized spacial score (nSPS) is 12.1. The number of aromatic nitrogens is 1. The molecule has 2 N–H and O–H groups in total. The van der Waals surface area contributed by atoms with E-state index in [0.29, 0.717) is 11.3 Å². The minimum Gasteiger partial charge on any atom is -0.467 e. The van der Waals surface area contributed by atoms with Crippen LogP contribution < -0.4 is 10.6 Å². The van der Waals surface area contributed by atoms with Gasteiger partial charge in [-0.2, -0.15) is 0 Å². The Morgan fingerprint density at radius 2 is 1.72 bits per heavy atom. The van der Waals surface area contributed by atoms with Gasteiger partial charge in [-0.25, -0.2) is 8.42 Å². The van der Waals surface area contributed by atoms with Crippen molar-refractivity contribution < 1.29 is 22.4 Å². The molecule has 2 aromatic heterocycles. The van der Waals surface area contributed by atoms with Crippen molar-refractivity contribution in [3.8, 4) is 0 Å². The molecule has 3 aromatic rings. The van der Waals surface area contributed by atoms with Gasteiger partial charge in [0.1, 0.15) is 11.0 Å². The number of carbonyl (C=O) groups is 2. The molecule has 0 radical (unpaired) electrons. The van der Waals surface area contributed by atoms with E-state index in [-0.39, 0.29) is 18.0 Å². The Morgan fingerprint density at radius 3 is 2.38 bits per heavy atom. The Balaban J connectivity index is 1.72. The highest BCUT2D eigenvalue weighted by Gasteiger charge is 2.30. The molecule has 1 aromatic carbocycles. The molecule has 29 heavy (non-hydrogen) atoms. The highest BCUT2D eigenvalue weighted by Crippen LogP contribution is 2.27. The Labute approximate surface area is 167 Å². The number of amides is 2. The fourth-order valence-corrected chi connectivity index (χ4v) is 4.34. The van der Waals surface area contributed by atoms with Crippen LogP contribution >= 0.6 is 0 Å². The molecule has 0 aliphatic carbocycles. The third kappa shape index (κ3) is 5.08. The molecule has 8 nitrogen and oxygen atoms in total. The molecule has 9 heteroatoms. The third-order valence-corrected chi connectivity index (χ3v) is 6.28. The molecule has 150 valence electrons. The molecule has 0 fully saturated rings. The number of nitrogens with zero attached hydrogens (tertiary/aromatic N) is 1. The van der Waals surface area contributed by atoms with Crippen molar-refractivity contribution in [1.29, 1.82) is 0 Å². The third-order valence-electron chi connectivity index (χ3n) is 4.16. The van der Waals surface area contributed by atoms with E-state index < -0.39 is 26.9 Å². The maximum Gasteiger partial charge on any atom is 0.309 e. The Morgan fingerprint density at radius 1 is 0.966 bits per heavy atom. The van der Waals surface area contributed by atoms with Crippen molar-refractivity contribution in [2.75, 3.05) is 6.54 Å². The predicted octanol–water partition coefficient (Wildman–Crippen LogP) is 1.62. The van der Waals surface area contributed by atoms with Gasteiger partial charge >= 0.3 is 11.8 Å². The average molecular weight is 413 g/mol. The molecule has 1 atom stereocenters. The van der Waals surface area contributed by atoms with Crippen LogP contribution in [0, 0.1) is 0 Å². The van der Waals surface area contributed by atoms with E-state index in [9.17, 15) is 18.0 Å². The SMILES string of the molecule is O=C(NCc1ccco1)C(=O)NC[C@H](c1cccnc1)S(=O)(=O)c1ccccc1. The van der Waals surface area contributed by atoms with Crippen LogP contribution in [0.3, 0.4) is 0 Å². The van der Waals surface area contributed by atoms with E-state index in [1.807, 2.05) is 0 Å². The minimum atomic E-state index is -3.82. The van der Waals surface area contributed by atoms with Gasteiger partial charge in [0.15, 0.2) is 9.84 Å². The van der Waals surface area contributed by atoms with Crippen molar-refractivity contribution in [1.82, 2.24) is 15.6 Å². The van der Waals surface area contributed by atoms with Crippen molar-refractivity contribution in [2.24, 2.45) is 0 Å². The molecule has 0 saturated heterocycles. The fourth-order valence-electron chi connectivity index (χ4n) is 2.67. The maximum atomic E-state index is 13.1.